The quantitative estimate of drug-likeness (QED) is 0.743. The summed E-state index contributed by atoms with van der Waals surface area (Å²) in [7, 11) is 0. The Bertz CT molecular complexity index is 393. The van der Waals surface area contributed by atoms with Gasteiger partial charge >= 0.3 is 0 Å². The molecule has 1 unspecified atom stereocenters. The van der Waals surface area contributed by atoms with Gasteiger partial charge in [-0.2, -0.15) is 5.10 Å². The molecule has 6 heteroatoms. The van der Waals surface area contributed by atoms with Crippen LogP contribution >= 0.6 is 15.9 Å². The van der Waals surface area contributed by atoms with Crippen molar-refractivity contribution in [3.05, 3.63) is 16.9 Å². The minimum absolute atomic E-state index is 0.0520. The van der Waals surface area contributed by atoms with E-state index in [1.807, 2.05) is 27.0 Å². The minimum atomic E-state index is -0.0992. The molecule has 1 aromatic rings. The summed E-state index contributed by atoms with van der Waals surface area (Å²) in [5.41, 5.74) is 0. The smallest absolute Gasteiger partial charge is 0.224 e. The fraction of sp³-hybridized carbons (Fsp3) is 0.692. The summed E-state index contributed by atoms with van der Waals surface area (Å²) in [5.74, 6) is -0.0472. The third-order valence-corrected chi connectivity index (χ3v) is 2.99. The Labute approximate surface area is 122 Å². The molecule has 1 rings (SSSR count). The van der Waals surface area contributed by atoms with E-state index in [1.54, 1.807) is 10.9 Å². The zero-order valence-electron chi connectivity index (χ0n) is 11.7. The van der Waals surface area contributed by atoms with Crippen LogP contribution in [-0.2, 0) is 16.1 Å². The molecule has 0 radical (unpaired) electrons. The van der Waals surface area contributed by atoms with Crippen molar-refractivity contribution in [2.75, 3.05) is 13.2 Å². The Morgan fingerprint density at radius 3 is 2.84 bits per heavy atom. The molecule has 0 spiro atoms. The summed E-state index contributed by atoms with van der Waals surface area (Å²) < 4.78 is 8.09. The first kappa shape index (κ1) is 16.2. The molecule has 0 aromatic carbocycles. The first-order valence-electron chi connectivity index (χ1n) is 6.56. The maximum Gasteiger partial charge on any atom is 0.224 e. The Morgan fingerprint density at radius 2 is 2.26 bits per heavy atom. The number of hydrogen-bond donors (Lipinski definition) is 1. The van der Waals surface area contributed by atoms with Gasteiger partial charge in [-0.05, 0) is 36.2 Å². The minimum Gasteiger partial charge on any atom is -0.379 e. The van der Waals surface area contributed by atoms with E-state index in [0.717, 1.165) is 10.9 Å². The van der Waals surface area contributed by atoms with Gasteiger partial charge in [-0.3, -0.25) is 9.48 Å². The van der Waals surface area contributed by atoms with E-state index in [0.29, 0.717) is 19.7 Å². The molecule has 0 aliphatic carbocycles. The Kier molecular flexibility index (Phi) is 7.09. The third-order valence-electron chi connectivity index (χ3n) is 2.58. The molecule has 0 saturated heterocycles. The second-order valence-corrected chi connectivity index (χ2v) is 5.76. The van der Waals surface area contributed by atoms with Gasteiger partial charge in [0.2, 0.25) is 5.91 Å². The number of ether oxygens (including phenoxy) is 1. The molecule has 0 aliphatic heterocycles. The molecule has 108 valence electrons. The molecule has 0 saturated carbocycles. The lowest BCUT2D eigenvalue weighted by Gasteiger charge is -2.12. The van der Waals surface area contributed by atoms with Crippen LogP contribution in [0.3, 0.4) is 0 Å². The lowest BCUT2D eigenvalue weighted by molar-refractivity contribution is -0.125. The van der Waals surface area contributed by atoms with Crippen molar-refractivity contribution in [3.8, 4) is 0 Å². The molecule has 1 amide bonds. The van der Waals surface area contributed by atoms with Crippen molar-refractivity contribution >= 4 is 21.8 Å². The van der Waals surface area contributed by atoms with Crippen LogP contribution in [0.25, 0.3) is 0 Å². The van der Waals surface area contributed by atoms with Crippen LogP contribution in [0, 0.1) is 5.92 Å². The predicted octanol–water partition coefficient (Wildman–Crippen LogP) is 2.21. The van der Waals surface area contributed by atoms with Crippen LogP contribution < -0.4 is 5.32 Å². The van der Waals surface area contributed by atoms with Crippen LogP contribution in [0.2, 0.25) is 0 Å². The van der Waals surface area contributed by atoms with Crippen molar-refractivity contribution in [3.63, 3.8) is 0 Å². The normalized spacial score (nSPS) is 12.7. The number of rotatable bonds is 8. The highest BCUT2D eigenvalue weighted by atomic mass is 79.9. The summed E-state index contributed by atoms with van der Waals surface area (Å²) in [5, 5.41) is 7.05. The second kappa shape index (κ2) is 8.32. The van der Waals surface area contributed by atoms with E-state index < -0.39 is 0 Å². The molecule has 1 aromatic heterocycles. The largest absolute Gasteiger partial charge is 0.379 e. The Balaban J connectivity index is 2.18. The standard InChI is InChI=1S/C13H22BrN3O2/c1-10(2)19-6-4-5-15-13(18)11(3)8-17-9-12(14)7-16-17/h7,9-11H,4-6,8H2,1-3H3,(H,15,18). The van der Waals surface area contributed by atoms with Crippen LogP contribution in [-0.4, -0.2) is 34.9 Å². The molecule has 0 aliphatic rings. The van der Waals surface area contributed by atoms with Gasteiger partial charge in [-0.25, -0.2) is 0 Å². The fourth-order valence-corrected chi connectivity index (χ4v) is 1.91. The van der Waals surface area contributed by atoms with Crippen molar-refractivity contribution in [2.24, 2.45) is 5.92 Å². The first-order valence-corrected chi connectivity index (χ1v) is 7.35. The molecule has 0 bridgehead atoms. The van der Waals surface area contributed by atoms with Crippen LogP contribution in [0.5, 0.6) is 0 Å². The number of aromatic nitrogens is 2. The lowest BCUT2D eigenvalue weighted by Crippen LogP contribution is -2.32. The van der Waals surface area contributed by atoms with Crippen molar-refractivity contribution in [2.45, 2.75) is 39.8 Å². The number of halogens is 1. The summed E-state index contributed by atoms with van der Waals surface area (Å²) >= 11 is 3.33. The van der Waals surface area contributed by atoms with Crippen LogP contribution in [0.1, 0.15) is 27.2 Å². The molecular formula is C13H22BrN3O2. The van der Waals surface area contributed by atoms with Gasteiger partial charge in [0.15, 0.2) is 0 Å². The van der Waals surface area contributed by atoms with Crippen LogP contribution in [0.4, 0.5) is 0 Å². The highest BCUT2D eigenvalue weighted by Crippen LogP contribution is 2.08. The molecule has 19 heavy (non-hydrogen) atoms. The highest BCUT2D eigenvalue weighted by molar-refractivity contribution is 9.10. The second-order valence-electron chi connectivity index (χ2n) is 4.85. The Morgan fingerprint density at radius 1 is 1.53 bits per heavy atom. The number of hydrogen-bond acceptors (Lipinski definition) is 3. The zero-order chi connectivity index (χ0) is 14.3. The highest BCUT2D eigenvalue weighted by Gasteiger charge is 2.13. The fourth-order valence-electron chi connectivity index (χ4n) is 1.58. The van der Waals surface area contributed by atoms with E-state index in [-0.39, 0.29) is 17.9 Å². The predicted molar refractivity (Wildman–Crippen MR) is 77.8 cm³/mol. The van der Waals surface area contributed by atoms with Crippen molar-refractivity contribution in [1.29, 1.82) is 0 Å². The maximum absolute atomic E-state index is 11.8. The average molecular weight is 332 g/mol. The van der Waals surface area contributed by atoms with E-state index in [4.69, 9.17) is 4.74 Å². The number of carbonyl (C=O) groups excluding carboxylic acids is 1. The summed E-state index contributed by atoms with van der Waals surface area (Å²) in [4.78, 5) is 11.8. The molecule has 5 nitrogen and oxygen atoms in total. The van der Waals surface area contributed by atoms with Gasteiger partial charge in [0.25, 0.3) is 0 Å². The molecule has 1 heterocycles. The van der Waals surface area contributed by atoms with Crippen molar-refractivity contribution < 1.29 is 9.53 Å². The van der Waals surface area contributed by atoms with Crippen LogP contribution in [0.15, 0.2) is 16.9 Å². The number of nitrogens with one attached hydrogen (secondary N) is 1. The SMILES string of the molecule is CC(C)OCCCNC(=O)C(C)Cn1cc(Br)cn1. The number of nitrogens with zero attached hydrogens (tertiary/aromatic N) is 2. The monoisotopic (exact) mass is 331 g/mol. The zero-order valence-corrected chi connectivity index (χ0v) is 13.3. The average Bonchev–Trinajstić information content (AvgIpc) is 2.73. The lowest BCUT2D eigenvalue weighted by atomic mass is 10.1. The van der Waals surface area contributed by atoms with Gasteiger partial charge in [0.1, 0.15) is 0 Å². The van der Waals surface area contributed by atoms with E-state index in [9.17, 15) is 4.79 Å². The number of amides is 1. The third kappa shape index (κ3) is 6.73. The molecule has 1 N–H and O–H groups in total. The van der Waals surface area contributed by atoms with Gasteiger partial charge in [0, 0.05) is 19.3 Å². The van der Waals surface area contributed by atoms with E-state index in [1.165, 1.54) is 0 Å². The summed E-state index contributed by atoms with van der Waals surface area (Å²) in [6.07, 6.45) is 4.66. The molecule has 0 fully saturated rings. The van der Waals surface area contributed by atoms with Gasteiger partial charge in [-0.1, -0.05) is 6.92 Å². The van der Waals surface area contributed by atoms with Gasteiger partial charge in [-0.15, -0.1) is 0 Å². The van der Waals surface area contributed by atoms with Crippen molar-refractivity contribution in [1.82, 2.24) is 15.1 Å². The Hall–Kier alpha value is -0.880. The molecular weight excluding hydrogens is 310 g/mol. The topological polar surface area (TPSA) is 56.1 Å². The first-order chi connectivity index (χ1) is 8.99. The van der Waals surface area contributed by atoms with E-state index >= 15 is 0 Å². The number of carbonyl (C=O) groups is 1. The van der Waals surface area contributed by atoms with Gasteiger partial charge in [0.05, 0.1) is 29.2 Å². The molecule has 1 atom stereocenters. The van der Waals surface area contributed by atoms with Gasteiger partial charge < -0.3 is 10.1 Å². The maximum atomic E-state index is 11.8. The summed E-state index contributed by atoms with van der Waals surface area (Å²) in [6.45, 7) is 7.82. The summed E-state index contributed by atoms with van der Waals surface area (Å²) in [6, 6.07) is 0. The van der Waals surface area contributed by atoms with E-state index in [2.05, 4.69) is 26.3 Å².